The van der Waals surface area contributed by atoms with E-state index in [9.17, 15) is 9.59 Å². The van der Waals surface area contributed by atoms with Crippen molar-refractivity contribution in [2.75, 3.05) is 4.90 Å². The Kier molecular flexibility index (Phi) is 3.23. The predicted molar refractivity (Wildman–Crippen MR) is 70.4 cm³/mol. The van der Waals surface area contributed by atoms with E-state index in [0.29, 0.717) is 5.69 Å². The van der Waals surface area contributed by atoms with E-state index in [1.54, 1.807) is 24.3 Å². The van der Waals surface area contributed by atoms with Gasteiger partial charge in [-0.25, -0.2) is 4.90 Å². The molecule has 0 unspecified atom stereocenters. The van der Waals surface area contributed by atoms with Gasteiger partial charge < -0.3 is 0 Å². The molecule has 0 bridgehead atoms. The van der Waals surface area contributed by atoms with Crippen LogP contribution in [0, 0.1) is 3.57 Å². The third-order valence-electron chi connectivity index (χ3n) is 2.06. The molecular formula is C10H4Cl2INO2. The summed E-state index contributed by atoms with van der Waals surface area (Å²) in [5, 5.41) is -0.463. The van der Waals surface area contributed by atoms with Crippen molar-refractivity contribution in [3.05, 3.63) is 37.9 Å². The number of benzene rings is 1. The van der Waals surface area contributed by atoms with E-state index in [2.05, 4.69) is 22.6 Å². The molecule has 0 aliphatic carbocycles. The van der Waals surface area contributed by atoms with Gasteiger partial charge >= 0.3 is 0 Å². The van der Waals surface area contributed by atoms with Gasteiger partial charge in [-0.15, -0.1) is 0 Å². The Labute approximate surface area is 115 Å². The van der Waals surface area contributed by atoms with E-state index < -0.39 is 11.8 Å². The Bertz CT molecular complexity index is 486. The summed E-state index contributed by atoms with van der Waals surface area (Å²) in [7, 11) is 0. The van der Waals surface area contributed by atoms with Crippen molar-refractivity contribution in [1.29, 1.82) is 0 Å². The van der Waals surface area contributed by atoms with Crippen molar-refractivity contribution >= 4 is 63.3 Å². The third kappa shape index (κ3) is 1.85. The van der Waals surface area contributed by atoms with Crippen LogP contribution in [0.5, 0.6) is 0 Å². The third-order valence-corrected chi connectivity index (χ3v) is 3.58. The molecule has 2 rings (SSSR count). The molecule has 0 fully saturated rings. The Balaban J connectivity index is 2.42. The number of hydrogen-bond acceptors (Lipinski definition) is 2. The van der Waals surface area contributed by atoms with Gasteiger partial charge in [0.05, 0.1) is 5.69 Å². The quantitative estimate of drug-likeness (QED) is 0.565. The first-order valence-corrected chi connectivity index (χ1v) is 6.05. The summed E-state index contributed by atoms with van der Waals surface area (Å²) in [5.41, 5.74) is 0.462. The van der Waals surface area contributed by atoms with Crippen LogP contribution in [-0.2, 0) is 9.59 Å². The van der Waals surface area contributed by atoms with Crippen molar-refractivity contribution in [3.8, 4) is 0 Å². The maximum atomic E-state index is 11.6. The van der Waals surface area contributed by atoms with Crippen LogP contribution in [0.2, 0.25) is 0 Å². The molecule has 2 amide bonds. The zero-order valence-electron chi connectivity index (χ0n) is 7.71. The number of carbonyl (C=O) groups is 2. The first-order chi connectivity index (χ1) is 7.52. The van der Waals surface area contributed by atoms with Crippen LogP contribution < -0.4 is 4.90 Å². The number of amides is 2. The van der Waals surface area contributed by atoms with Gasteiger partial charge in [0.1, 0.15) is 10.1 Å². The van der Waals surface area contributed by atoms with Crippen molar-refractivity contribution in [2.45, 2.75) is 0 Å². The molecule has 0 saturated heterocycles. The number of nitrogens with zero attached hydrogens (tertiary/aromatic N) is 1. The van der Waals surface area contributed by atoms with Gasteiger partial charge in [-0.2, -0.15) is 0 Å². The van der Waals surface area contributed by atoms with Crippen LogP contribution >= 0.6 is 45.8 Å². The topological polar surface area (TPSA) is 37.4 Å². The second-order valence-corrected chi connectivity index (χ2v) is 5.05. The van der Waals surface area contributed by atoms with Gasteiger partial charge in [0.15, 0.2) is 0 Å². The largest absolute Gasteiger partial charge is 0.278 e. The Morgan fingerprint density at radius 3 is 1.81 bits per heavy atom. The van der Waals surface area contributed by atoms with Crippen LogP contribution in [0.4, 0.5) is 5.69 Å². The molecule has 1 heterocycles. The minimum Gasteiger partial charge on any atom is -0.267 e. The highest BCUT2D eigenvalue weighted by atomic mass is 127. The first kappa shape index (κ1) is 11.9. The van der Waals surface area contributed by atoms with Crippen molar-refractivity contribution < 1.29 is 9.59 Å². The molecule has 3 nitrogen and oxygen atoms in total. The smallest absolute Gasteiger partial charge is 0.267 e. The Hall–Kier alpha value is -0.590. The van der Waals surface area contributed by atoms with E-state index in [1.165, 1.54) is 0 Å². The number of rotatable bonds is 1. The van der Waals surface area contributed by atoms with Gasteiger partial charge in [0.2, 0.25) is 0 Å². The molecule has 0 N–H and O–H groups in total. The SMILES string of the molecule is O=C1C(Cl)=C(Cl)C(=O)N1c1ccc(I)cc1. The number of anilines is 1. The van der Waals surface area contributed by atoms with Gasteiger partial charge in [-0.3, -0.25) is 9.59 Å². The zero-order valence-corrected chi connectivity index (χ0v) is 11.4. The maximum Gasteiger partial charge on any atom is 0.278 e. The summed E-state index contributed by atoms with van der Waals surface area (Å²) in [6.45, 7) is 0. The van der Waals surface area contributed by atoms with E-state index >= 15 is 0 Å². The average molecular weight is 368 g/mol. The minimum atomic E-state index is -0.585. The molecule has 16 heavy (non-hydrogen) atoms. The second kappa shape index (κ2) is 4.35. The molecule has 0 radical (unpaired) electrons. The molecule has 1 aliphatic rings. The monoisotopic (exact) mass is 367 g/mol. The highest BCUT2D eigenvalue weighted by molar-refractivity contribution is 14.1. The van der Waals surface area contributed by atoms with E-state index in [1.807, 2.05) is 0 Å². The molecule has 82 valence electrons. The molecule has 0 atom stereocenters. The zero-order chi connectivity index (χ0) is 11.9. The molecule has 6 heteroatoms. The van der Waals surface area contributed by atoms with E-state index in [0.717, 1.165) is 8.47 Å². The Morgan fingerprint density at radius 1 is 0.938 bits per heavy atom. The highest BCUT2D eigenvalue weighted by Crippen LogP contribution is 2.31. The molecular weight excluding hydrogens is 364 g/mol. The second-order valence-electron chi connectivity index (χ2n) is 3.05. The van der Waals surface area contributed by atoms with Crippen LogP contribution in [0.1, 0.15) is 0 Å². The van der Waals surface area contributed by atoms with E-state index in [4.69, 9.17) is 23.2 Å². The summed E-state index contributed by atoms with van der Waals surface area (Å²) in [6.07, 6.45) is 0. The molecule has 1 aromatic carbocycles. The van der Waals surface area contributed by atoms with Gasteiger partial charge in [0.25, 0.3) is 11.8 Å². The normalized spacial score (nSPS) is 16.3. The van der Waals surface area contributed by atoms with Crippen LogP contribution in [-0.4, -0.2) is 11.8 Å². The van der Waals surface area contributed by atoms with Crippen LogP contribution in [0.15, 0.2) is 34.3 Å². The fourth-order valence-electron chi connectivity index (χ4n) is 1.30. The summed E-state index contributed by atoms with van der Waals surface area (Å²) in [4.78, 5) is 24.2. The van der Waals surface area contributed by atoms with Crippen molar-refractivity contribution in [1.82, 2.24) is 0 Å². The molecule has 1 aromatic rings. The first-order valence-electron chi connectivity index (χ1n) is 4.22. The number of halogens is 3. The Morgan fingerprint density at radius 2 is 1.38 bits per heavy atom. The molecule has 0 aromatic heterocycles. The molecule has 0 spiro atoms. The summed E-state index contributed by atoms with van der Waals surface area (Å²) < 4.78 is 1.01. The summed E-state index contributed by atoms with van der Waals surface area (Å²) >= 11 is 13.4. The summed E-state index contributed by atoms with van der Waals surface area (Å²) in [6, 6.07) is 6.90. The maximum absolute atomic E-state index is 11.6. The lowest BCUT2D eigenvalue weighted by molar-refractivity contribution is -0.120. The number of carbonyl (C=O) groups excluding carboxylic acids is 2. The molecule has 1 aliphatic heterocycles. The van der Waals surface area contributed by atoms with Crippen molar-refractivity contribution in [3.63, 3.8) is 0 Å². The van der Waals surface area contributed by atoms with Crippen LogP contribution in [0.25, 0.3) is 0 Å². The lowest BCUT2D eigenvalue weighted by Gasteiger charge is -2.13. The highest BCUT2D eigenvalue weighted by Gasteiger charge is 2.37. The average Bonchev–Trinajstić information content (AvgIpc) is 2.46. The molecule has 0 saturated carbocycles. The minimum absolute atomic E-state index is 0.231. The number of imide groups is 1. The van der Waals surface area contributed by atoms with Crippen molar-refractivity contribution in [2.24, 2.45) is 0 Å². The lowest BCUT2D eigenvalue weighted by atomic mass is 10.3. The van der Waals surface area contributed by atoms with E-state index in [-0.39, 0.29) is 10.1 Å². The van der Waals surface area contributed by atoms with Gasteiger partial charge in [-0.05, 0) is 46.9 Å². The number of hydrogen-bond donors (Lipinski definition) is 0. The fraction of sp³-hybridized carbons (Fsp3) is 0. The summed E-state index contributed by atoms with van der Waals surface area (Å²) in [5.74, 6) is -1.17. The van der Waals surface area contributed by atoms with Gasteiger partial charge in [-0.1, -0.05) is 23.2 Å². The lowest BCUT2D eigenvalue weighted by Crippen LogP contribution is -2.30. The standard InChI is InChI=1S/C10H4Cl2INO2/c11-7-8(12)10(16)14(9(7)15)6-3-1-5(13)2-4-6/h1-4H. The van der Waals surface area contributed by atoms with Crippen LogP contribution in [0.3, 0.4) is 0 Å². The predicted octanol–water partition coefficient (Wildman–Crippen LogP) is 2.85. The van der Waals surface area contributed by atoms with Gasteiger partial charge in [0, 0.05) is 3.57 Å². The fourth-order valence-corrected chi connectivity index (χ4v) is 1.99.